The molecule has 0 aliphatic heterocycles. The van der Waals surface area contributed by atoms with Crippen molar-refractivity contribution < 1.29 is 19.1 Å². The number of halogens is 1. The molecule has 0 unspecified atom stereocenters. The lowest BCUT2D eigenvalue weighted by molar-refractivity contribution is -0.131. The number of rotatable bonds is 7. The van der Waals surface area contributed by atoms with E-state index in [1.807, 2.05) is 11.8 Å². The molecule has 0 radical (unpaired) electrons. The van der Waals surface area contributed by atoms with Gasteiger partial charge in [0.05, 0.1) is 6.54 Å². The predicted molar refractivity (Wildman–Crippen MR) is 78.1 cm³/mol. The van der Waals surface area contributed by atoms with Gasteiger partial charge in [-0.1, -0.05) is 19.1 Å². The summed E-state index contributed by atoms with van der Waals surface area (Å²) >= 11 is 0. The molecule has 1 aromatic carbocycles. The predicted octanol–water partition coefficient (Wildman–Crippen LogP) is 1.49. The normalized spacial score (nSPS) is 11.0. The fourth-order valence-electron chi connectivity index (χ4n) is 1.77. The molecule has 21 heavy (non-hydrogen) atoms. The molecule has 5 nitrogen and oxygen atoms in total. The molecule has 0 fully saturated rings. The van der Waals surface area contributed by atoms with Crippen LogP contribution in [0.5, 0.6) is 0 Å². The van der Waals surface area contributed by atoms with Gasteiger partial charge in [0.1, 0.15) is 5.82 Å². The number of nitrogens with zero attached hydrogens (tertiary/aromatic N) is 1. The van der Waals surface area contributed by atoms with Crippen LogP contribution < -0.4 is 5.32 Å². The second-order valence-electron chi connectivity index (χ2n) is 4.50. The Kier molecular flexibility index (Phi) is 6.55. The number of nitrogens with one attached hydrogen (secondary N) is 1. The molecule has 0 aliphatic carbocycles. The molecule has 1 aromatic rings. The summed E-state index contributed by atoms with van der Waals surface area (Å²) in [5, 5.41) is 11.1. The highest BCUT2D eigenvalue weighted by Crippen LogP contribution is 2.14. The molecule has 0 spiro atoms. The van der Waals surface area contributed by atoms with Crippen molar-refractivity contribution in [2.45, 2.75) is 13.5 Å². The number of carboxylic acid groups (broad SMARTS) is 1. The van der Waals surface area contributed by atoms with Gasteiger partial charge in [0.2, 0.25) is 5.91 Å². The van der Waals surface area contributed by atoms with Crippen molar-refractivity contribution >= 4 is 18.0 Å². The first-order valence-corrected chi connectivity index (χ1v) is 6.58. The van der Waals surface area contributed by atoms with Crippen LogP contribution >= 0.6 is 0 Å². The van der Waals surface area contributed by atoms with Crippen LogP contribution in [0.2, 0.25) is 0 Å². The monoisotopic (exact) mass is 294 g/mol. The summed E-state index contributed by atoms with van der Waals surface area (Å²) in [5.41, 5.74) is 0.946. The number of likely N-dealkylation sites (N-methyl/N-ethyl adjacent to an activating group) is 2. The lowest BCUT2D eigenvalue weighted by Crippen LogP contribution is -2.35. The molecule has 0 bridgehead atoms. The number of aliphatic carboxylic acids is 1. The van der Waals surface area contributed by atoms with Crippen molar-refractivity contribution in [1.82, 2.24) is 10.2 Å². The van der Waals surface area contributed by atoms with Gasteiger partial charge < -0.3 is 10.4 Å². The van der Waals surface area contributed by atoms with E-state index in [0.717, 1.165) is 6.08 Å². The van der Waals surface area contributed by atoms with Crippen molar-refractivity contribution in [3.05, 3.63) is 41.2 Å². The second kappa shape index (κ2) is 8.16. The molecule has 0 saturated carbocycles. The molecule has 6 heteroatoms. The van der Waals surface area contributed by atoms with E-state index >= 15 is 0 Å². The van der Waals surface area contributed by atoms with Gasteiger partial charge in [0.15, 0.2) is 0 Å². The number of benzene rings is 1. The number of carbonyl (C=O) groups excluding carboxylic acids is 1. The molecule has 114 valence electrons. The zero-order chi connectivity index (χ0) is 15.8. The smallest absolute Gasteiger partial charge is 0.328 e. The van der Waals surface area contributed by atoms with E-state index < -0.39 is 11.8 Å². The van der Waals surface area contributed by atoms with Gasteiger partial charge >= 0.3 is 5.97 Å². The molecule has 0 saturated heterocycles. The molecule has 0 heterocycles. The summed E-state index contributed by atoms with van der Waals surface area (Å²) < 4.78 is 14.0. The zero-order valence-corrected chi connectivity index (χ0v) is 12.1. The fourth-order valence-corrected chi connectivity index (χ4v) is 1.77. The van der Waals surface area contributed by atoms with Crippen LogP contribution in [0, 0.1) is 5.82 Å². The van der Waals surface area contributed by atoms with Crippen LogP contribution in [0.3, 0.4) is 0 Å². The minimum atomic E-state index is -1.08. The maximum absolute atomic E-state index is 14.0. The van der Waals surface area contributed by atoms with E-state index in [9.17, 15) is 14.0 Å². The van der Waals surface area contributed by atoms with Crippen molar-refractivity contribution in [2.75, 3.05) is 20.1 Å². The summed E-state index contributed by atoms with van der Waals surface area (Å²) in [6, 6.07) is 4.53. The number of hydrogen-bond donors (Lipinski definition) is 2. The highest BCUT2D eigenvalue weighted by atomic mass is 19.1. The Morgan fingerprint density at radius 3 is 2.67 bits per heavy atom. The SMILES string of the molecule is CCN(CC(=O)NC)Cc1ccc(C=CC(=O)O)cc1F. The van der Waals surface area contributed by atoms with Crippen LogP contribution in [0.25, 0.3) is 6.08 Å². The highest BCUT2D eigenvalue weighted by molar-refractivity contribution is 5.85. The Morgan fingerprint density at radius 1 is 1.43 bits per heavy atom. The Balaban J connectivity index is 2.79. The lowest BCUT2D eigenvalue weighted by Gasteiger charge is -2.19. The Bertz CT molecular complexity index is 544. The van der Waals surface area contributed by atoms with Gasteiger partial charge in [-0.2, -0.15) is 0 Å². The number of carboxylic acids is 1. The summed E-state index contributed by atoms with van der Waals surface area (Å²) in [6.07, 6.45) is 2.29. The lowest BCUT2D eigenvalue weighted by atomic mass is 10.1. The molecule has 1 rings (SSSR count). The Hall–Kier alpha value is -2.21. The standard InChI is InChI=1S/C15H19FN2O3/c1-3-18(10-14(19)17-2)9-12-6-4-11(8-13(12)16)5-7-15(20)21/h4-8H,3,9-10H2,1-2H3,(H,17,19)(H,20,21). The molecule has 0 aliphatic rings. The molecular weight excluding hydrogens is 275 g/mol. The number of hydrogen-bond acceptors (Lipinski definition) is 3. The van der Waals surface area contributed by atoms with Crippen LogP contribution in [-0.4, -0.2) is 42.0 Å². The number of carbonyl (C=O) groups is 2. The van der Waals surface area contributed by atoms with Gasteiger partial charge in [-0.05, 0) is 24.3 Å². The summed E-state index contributed by atoms with van der Waals surface area (Å²) in [7, 11) is 1.56. The van der Waals surface area contributed by atoms with Crippen LogP contribution in [0.4, 0.5) is 4.39 Å². The third kappa shape index (κ3) is 5.74. The third-order valence-corrected chi connectivity index (χ3v) is 2.98. The molecule has 0 atom stereocenters. The van der Waals surface area contributed by atoms with Crippen LogP contribution in [0.15, 0.2) is 24.3 Å². The summed E-state index contributed by atoms with van der Waals surface area (Å²) in [5.74, 6) is -1.63. The zero-order valence-electron chi connectivity index (χ0n) is 12.1. The first-order chi connectivity index (χ1) is 9.96. The fraction of sp³-hybridized carbons (Fsp3) is 0.333. The summed E-state index contributed by atoms with van der Waals surface area (Å²) in [4.78, 5) is 23.6. The average molecular weight is 294 g/mol. The van der Waals surface area contributed by atoms with E-state index in [0.29, 0.717) is 24.2 Å². The average Bonchev–Trinajstić information content (AvgIpc) is 2.46. The van der Waals surface area contributed by atoms with Gasteiger partial charge in [-0.25, -0.2) is 9.18 Å². The Morgan fingerprint density at radius 2 is 2.14 bits per heavy atom. The van der Waals surface area contributed by atoms with Crippen molar-refractivity contribution in [3.8, 4) is 0 Å². The first-order valence-electron chi connectivity index (χ1n) is 6.58. The molecule has 1 amide bonds. The van der Waals surface area contributed by atoms with Crippen LogP contribution in [0.1, 0.15) is 18.1 Å². The molecular formula is C15H19FN2O3. The van der Waals surface area contributed by atoms with E-state index in [2.05, 4.69) is 5.32 Å². The van der Waals surface area contributed by atoms with Crippen LogP contribution in [-0.2, 0) is 16.1 Å². The first kappa shape index (κ1) is 16.8. The minimum absolute atomic E-state index is 0.127. The topological polar surface area (TPSA) is 69.6 Å². The third-order valence-electron chi connectivity index (χ3n) is 2.98. The van der Waals surface area contributed by atoms with Gasteiger partial charge in [0, 0.05) is 25.2 Å². The second-order valence-corrected chi connectivity index (χ2v) is 4.50. The molecule has 0 aromatic heterocycles. The van der Waals surface area contributed by atoms with Gasteiger partial charge in [0.25, 0.3) is 0 Å². The van der Waals surface area contributed by atoms with E-state index in [1.165, 1.54) is 12.1 Å². The Labute approximate surface area is 123 Å². The van der Waals surface area contributed by atoms with Gasteiger partial charge in [-0.3, -0.25) is 9.69 Å². The molecule has 2 N–H and O–H groups in total. The number of amides is 1. The maximum atomic E-state index is 14.0. The minimum Gasteiger partial charge on any atom is -0.478 e. The maximum Gasteiger partial charge on any atom is 0.328 e. The largest absolute Gasteiger partial charge is 0.478 e. The van der Waals surface area contributed by atoms with Crippen molar-refractivity contribution in [2.24, 2.45) is 0 Å². The van der Waals surface area contributed by atoms with E-state index in [-0.39, 0.29) is 12.5 Å². The summed E-state index contributed by atoms with van der Waals surface area (Å²) in [6.45, 7) is 3.03. The highest BCUT2D eigenvalue weighted by Gasteiger charge is 2.11. The van der Waals surface area contributed by atoms with Crippen molar-refractivity contribution in [3.63, 3.8) is 0 Å². The van der Waals surface area contributed by atoms with E-state index in [1.54, 1.807) is 19.2 Å². The van der Waals surface area contributed by atoms with Gasteiger partial charge in [-0.15, -0.1) is 0 Å². The van der Waals surface area contributed by atoms with Crippen molar-refractivity contribution in [1.29, 1.82) is 0 Å². The van der Waals surface area contributed by atoms with E-state index in [4.69, 9.17) is 5.11 Å². The quantitative estimate of drug-likeness (QED) is 0.748.